The van der Waals surface area contributed by atoms with Crippen molar-refractivity contribution >= 4 is 5.91 Å². The summed E-state index contributed by atoms with van der Waals surface area (Å²) in [4.78, 5) is 16.4. The number of nitrogens with zero attached hydrogens (tertiary/aromatic N) is 3. The SMILES string of the molecule is Cc1nc(C)n(CC(=O)N[C@@H](C)[C@@H]2C[C@@H]3CC[C@@H]2C3)n1. The molecule has 2 bridgehead atoms. The van der Waals surface area contributed by atoms with Crippen LogP contribution in [0, 0.1) is 31.6 Å². The maximum Gasteiger partial charge on any atom is 0.242 e. The van der Waals surface area contributed by atoms with Crippen molar-refractivity contribution in [3.8, 4) is 0 Å². The first-order valence-corrected chi connectivity index (χ1v) is 7.70. The third-order valence-electron chi connectivity index (χ3n) is 5.08. The third kappa shape index (κ3) is 2.58. The molecule has 0 aliphatic heterocycles. The minimum absolute atomic E-state index is 0.0493. The molecule has 2 saturated carbocycles. The van der Waals surface area contributed by atoms with Crippen LogP contribution in [0.4, 0.5) is 0 Å². The van der Waals surface area contributed by atoms with E-state index in [-0.39, 0.29) is 18.5 Å². The van der Waals surface area contributed by atoms with E-state index in [2.05, 4.69) is 22.3 Å². The monoisotopic (exact) mass is 276 g/mol. The maximum atomic E-state index is 12.1. The van der Waals surface area contributed by atoms with Gasteiger partial charge >= 0.3 is 0 Å². The zero-order valence-corrected chi connectivity index (χ0v) is 12.6. The standard InChI is InChI=1S/C15H24N4O/c1-9(14-7-12-4-5-13(14)6-12)16-15(20)8-19-11(3)17-10(2)18-19/h9,12-14H,4-8H2,1-3H3,(H,16,20)/t9-,12+,13+,14-/m0/s1. The Morgan fingerprint density at radius 2 is 2.20 bits per heavy atom. The van der Waals surface area contributed by atoms with Crippen LogP contribution in [0.25, 0.3) is 0 Å². The van der Waals surface area contributed by atoms with Gasteiger partial charge < -0.3 is 5.32 Å². The topological polar surface area (TPSA) is 59.8 Å². The van der Waals surface area contributed by atoms with Gasteiger partial charge in [-0.25, -0.2) is 9.67 Å². The molecule has 5 nitrogen and oxygen atoms in total. The smallest absolute Gasteiger partial charge is 0.242 e. The number of hydrogen-bond donors (Lipinski definition) is 1. The molecule has 110 valence electrons. The predicted molar refractivity (Wildman–Crippen MR) is 76.0 cm³/mol. The summed E-state index contributed by atoms with van der Waals surface area (Å²) in [6.45, 7) is 6.16. The first-order chi connectivity index (χ1) is 9.52. The Hall–Kier alpha value is -1.39. The number of carbonyl (C=O) groups is 1. The Balaban J connectivity index is 1.55. The van der Waals surface area contributed by atoms with Crippen molar-refractivity contribution in [3.63, 3.8) is 0 Å². The average Bonchev–Trinajstić information content (AvgIpc) is 3.05. The van der Waals surface area contributed by atoms with Crippen molar-refractivity contribution in [1.29, 1.82) is 0 Å². The van der Waals surface area contributed by atoms with Crippen molar-refractivity contribution in [3.05, 3.63) is 11.6 Å². The van der Waals surface area contributed by atoms with Gasteiger partial charge in [-0.1, -0.05) is 6.42 Å². The fourth-order valence-electron chi connectivity index (χ4n) is 4.16. The van der Waals surface area contributed by atoms with Gasteiger partial charge in [0.05, 0.1) is 0 Å². The number of aromatic nitrogens is 3. The van der Waals surface area contributed by atoms with Crippen LogP contribution in [-0.2, 0) is 11.3 Å². The molecule has 0 saturated heterocycles. The lowest BCUT2D eigenvalue weighted by molar-refractivity contribution is -0.123. The van der Waals surface area contributed by atoms with E-state index in [0.29, 0.717) is 5.92 Å². The summed E-state index contributed by atoms with van der Waals surface area (Å²) < 4.78 is 1.68. The summed E-state index contributed by atoms with van der Waals surface area (Å²) in [5.41, 5.74) is 0. The quantitative estimate of drug-likeness (QED) is 0.912. The molecule has 20 heavy (non-hydrogen) atoms. The molecule has 0 spiro atoms. The number of hydrogen-bond acceptors (Lipinski definition) is 3. The van der Waals surface area contributed by atoms with Crippen LogP contribution in [0.3, 0.4) is 0 Å². The summed E-state index contributed by atoms with van der Waals surface area (Å²) in [7, 11) is 0. The fraction of sp³-hybridized carbons (Fsp3) is 0.800. The van der Waals surface area contributed by atoms with Crippen molar-refractivity contribution in [2.45, 2.75) is 59.0 Å². The van der Waals surface area contributed by atoms with Gasteiger partial charge in [-0.3, -0.25) is 4.79 Å². The molecule has 0 aromatic carbocycles. The molecule has 1 N–H and O–H groups in total. The second kappa shape index (κ2) is 5.19. The molecule has 1 amide bonds. The van der Waals surface area contributed by atoms with Crippen LogP contribution in [0.2, 0.25) is 0 Å². The summed E-state index contributed by atoms with van der Waals surface area (Å²) in [5.74, 6) is 4.00. The molecule has 2 aliphatic carbocycles. The van der Waals surface area contributed by atoms with Gasteiger partial charge in [0.1, 0.15) is 18.2 Å². The fourth-order valence-corrected chi connectivity index (χ4v) is 4.16. The molecule has 0 unspecified atom stereocenters. The number of fused-ring (bicyclic) bond motifs is 2. The zero-order chi connectivity index (χ0) is 14.3. The van der Waals surface area contributed by atoms with E-state index in [4.69, 9.17) is 0 Å². The van der Waals surface area contributed by atoms with Crippen LogP contribution in [0.1, 0.15) is 44.3 Å². The molecular formula is C15H24N4O. The zero-order valence-electron chi connectivity index (χ0n) is 12.6. The highest BCUT2D eigenvalue weighted by Crippen LogP contribution is 2.49. The first-order valence-electron chi connectivity index (χ1n) is 7.70. The summed E-state index contributed by atoms with van der Waals surface area (Å²) in [5, 5.41) is 7.40. The molecule has 2 fully saturated rings. The third-order valence-corrected chi connectivity index (χ3v) is 5.08. The Labute approximate surface area is 120 Å². The largest absolute Gasteiger partial charge is 0.352 e. The van der Waals surface area contributed by atoms with Gasteiger partial charge in [-0.2, -0.15) is 5.10 Å². The molecule has 0 radical (unpaired) electrons. The number of rotatable bonds is 4. The van der Waals surface area contributed by atoms with E-state index in [1.165, 1.54) is 25.7 Å². The molecule has 5 heteroatoms. The van der Waals surface area contributed by atoms with Crippen LogP contribution < -0.4 is 5.32 Å². The molecule has 1 aromatic heterocycles. The molecule has 4 atom stereocenters. The Bertz CT molecular complexity index is 510. The summed E-state index contributed by atoms with van der Waals surface area (Å²) >= 11 is 0. The van der Waals surface area contributed by atoms with Crippen molar-refractivity contribution in [2.75, 3.05) is 0 Å². The van der Waals surface area contributed by atoms with Gasteiger partial charge in [-0.15, -0.1) is 0 Å². The van der Waals surface area contributed by atoms with E-state index in [1.54, 1.807) is 4.68 Å². The second-order valence-corrected chi connectivity index (χ2v) is 6.56. The van der Waals surface area contributed by atoms with Gasteiger partial charge in [0.2, 0.25) is 5.91 Å². The lowest BCUT2D eigenvalue weighted by atomic mass is 9.84. The molecule has 1 aromatic rings. The number of nitrogens with one attached hydrogen (secondary N) is 1. The number of carbonyl (C=O) groups excluding carboxylic acids is 1. The Morgan fingerprint density at radius 3 is 2.75 bits per heavy atom. The van der Waals surface area contributed by atoms with Gasteiger partial charge in [-0.05, 0) is 57.8 Å². The molecule has 2 aliphatic rings. The van der Waals surface area contributed by atoms with E-state index in [1.807, 2.05) is 13.8 Å². The van der Waals surface area contributed by atoms with Gasteiger partial charge in [0.25, 0.3) is 0 Å². The van der Waals surface area contributed by atoms with Crippen LogP contribution in [0.15, 0.2) is 0 Å². The van der Waals surface area contributed by atoms with E-state index >= 15 is 0 Å². The minimum Gasteiger partial charge on any atom is -0.352 e. The van der Waals surface area contributed by atoms with Crippen molar-refractivity contribution in [2.24, 2.45) is 17.8 Å². The summed E-state index contributed by atoms with van der Waals surface area (Å²) in [6, 6.07) is 0.280. The van der Waals surface area contributed by atoms with E-state index < -0.39 is 0 Å². The number of aryl methyl sites for hydroxylation is 2. The first kappa shape index (κ1) is 13.6. The average molecular weight is 276 g/mol. The normalized spacial score (nSPS) is 29.6. The van der Waals surface area contributed by atoms with Gasteiger partial charge in [0.15, 0.2) is 0 Å². The maximum absolute atomic E-state index is 12.1. The van der Waals surface area contributed by atoms with Crippen molar-refractivity contribution < 1.29 is 4.79 Å². The highest BCUT2D eigenvalue weighted by Gasteiger charge is 2.42. The van der Waals surface area contributed by atoms with Crippen LogP contribution in [0.5, 0.6) is 0 Å². The summed E-state index contributed by atoms with van der Waals surface area (Å²) in [6.07, 6.45) is 5.44. The number of amides is 1. The molecule has 3 rings (SSSR count). The minimum atomic E-state index is 0.0493. The lowest BCUT2D eigenvalue weighted by Gasteiger charge is -2.28. The van der Waals surface area contributed by atoms with Gasteiger partial charge in [0, 0.05) is 6.04 Å². The second-order valence-electron chi connectivity index (χ2n) is 6.56. The predicted octanol–water partition coefficient (Wildman–Crippen LogP) is 1.84. The Morgan fingerprint density at radius 1 is 1.40 bits per heavy atom. The lowest BCUT2D eigenvalue weighted by Crippen LogP contribution is -2.41. The molecule has 1 heterocycles. The highest BCUT2D eigenvalue weighted by atomic mass is 16.2. The van der Waals surface area contributed by atoms with Crippen LogP contribution in [-0.4, -0.2) is 26.7 Å². The van der Waals surface area contributed by atoms with E-state index in [0.717, 1.165) is 23.5 Å². The Kier molecular flexibility index (Phi) is 3.52. The molecular weight excluding hydrogens is 252 g/mol. The van der Waals surface area contributed by atoms with Crippen molar-refractivity contribution in [1.82, 2.24) is 20.1 Å². The van der Waals surface area contributed by atoms with Crippen LogP contribution >= 0.6 is 0 Å². The highest BCUT2D eigenvalue weighted by molar-refractivity contribution is 5.76. The van der Waals surface area contributed by atoms with E-state index in [9.17, 15) is 4.79 Å².